The third-order valence-electron chi connectivity index (χ3n) is 4.78. The molecule has 4 aromatic rings. The molecular weight excluding hydrogens is 410 g/mol. The van der Waals surface area contributed by atoms with Crippen molar-refractivity contribution in [2.45, 2.75) is 19.8 Å². The summed E-state index contributed by atoms with van der Waals surface area (Å²) in [7, 11) is 0. The van der Waals surface area contributed by atoms with Gasteiger partial charge in [0.25, 0.3) is 5.56 Å². The zero-order valence-electron chi connectivity index (χ0n) is 17.4. The quantitative estimate of drug-likeness (QED) is 0.434. The molecule has 2 heterocycles. The Hall–Kier alpha value is -4.27. The first-order valence-corrected chi connectivity index (χ1v) is 10.1. The van der Waals surface area contributed by atoms with Crippen molar-refractivity contribution in [3.05, 3.63) is 82.4 Å². The van der Waals surface area contributed by atoms with Gasteiger partial charge in [0.05, 0.1) is 29.5 Å². The molecule has 2 aromatic heterocycles. The van der Waals surface area contributed by atoms with E-state index in [1.165, 1.54) is 10.9 Å². The number of carbonyl (C=O) groups is 2. The maximum atomic E-state index is 12.7. The summed E-state index contributed by atoms with van der Waals surface area (Å²) < 4.78 is 6.55. The molecule has 4 rings (SSSR count). The highest BCUT2D eigenvalue weighted by molar-refractivity contribution is 6.00. The smallest absolute Gasteiger partial charge is 0.343 e. The molecule has 9 nitrogen and oxygen atoms in total. The summed E-state index contributed by atoms with van der Waals surface area (Å²) in [6.45, 7) is 1.89. The average Bonchev–Trinajstić information content (AvgIpc) is 3.22. The van der Waals surface area contributed by atoms with Crippen molar-refractivity contribution < 1.29 is 14.3 Å². The number of carbonyl (C=O) groups excluding carboxylic acids is 2. The number of para-hydroxylation sites is 3. The zero-order valence-corrected chi connectivity index (χ0v) is 17.4. The topological polar surface area (TPSA) is 119 Å². The Morgan fingerprint density at radius 3 is 2.62 bits per heavy atom. The Balaban J connectivity index is 1.56. The number of aromatic amines is 1. The van der Waals surface area contributed by atoms with Crippen LogP contribution >= 0.6 is 0 Å². The second-order valence-electron chi connectivity index (χ2n) is 6.95. The van der Waals surface area contributed by atoms with Crippen molar-refractivity contribution in [2.24, 2.45) is 0 Å². The Morgan fingerprint density at radius 1 is 1.09 bits per heavy atom. The molecule has 2 aromatic carbocycles. The van der Waals surface area contributed by atoms with Crippen molar-refractivity contribution in [2.75, 3.05) is 11.9 Å². The number of hydrogen-bond donors (Lipinski definition) is 2. The second-order valence-corrected chi connectivity index (χ2v) is 6.95. The predicted molar refractivity (Wildman–Crippen MR) is 119 cm³/mol. The molecule has 0 bridgehead atoms. The van der Waals surface area contributed by atoms with Gasteiger partial charge >= 0.3 is 5.97 Å². The highest BCUT2D eigenvalue weighted by Crippen LogP contribution is 2.21. The lowest BCUT2D eigenvalue weighted by Gasteiger charge is -2.11. The summed E-state index contributed by atoms with van der Waals surface area (Å²) in [6.07, 6.45) is 1.49. The number of nitrogens with zero attached hydrogens (tertiary/aromatic N) is 3. The van der Waals surface area contributed by atoms with Crippen LogP contribution in [0.5, 0.6) is 0 Å². The van der Waals surface area contributed by atoms with Crippen LogP contribution in [0.3, 0.4) is 0 Å². The van der Waals surface area contributed by atoms with Crippen LogP contribution < -0.4 is 10.9 Å². The molecule has 1 amide bonds. The molecule has 32 heavy (non-hydrogen) atoms. The summed E-state index contributed by atoms with van der Waals surface area (Å²) in [5, 5.41) is 6.99. The van der Waals surface area contributed by atoms with Gasteiger partial charge in [-0.05, 0) is 31.2 Å². The van der Waals surface area contributed by atoms with Crippen LogP contribution in [0, 0.1) is 0 Å². The van der Waals surface area contributed by atoms with Crippen LogP contribution in [0.15, 0.2) is 65.6 Å². The van der Waals surface area contributed by atoms with Crippen LogP contribution in [-0.4, -0.2) is 38.2 Å². The lowest BCUT2D eigenvalue weighted by atomic mass is 10.2. The van der Waals surface area contributed by atoms with Gasteiger partial charge in [-0.15, -0.1) is 0 Å². The molecule has 0 aliphatic carbocycles. The zero-order chi connectivity index (χ0) is 22.5. The van der Waals surface area contributed by atoms with Crippen molar-refractivity contribution in [1.29, 1.82) is 0 Å². The SMILES string of the molecule is CCOC(=O)c1cnn(-c2ccccc2)c1NC(=O)CCc1nc2ccccc2[nH]c1=O. The molecule has 2 N–H and O–H groups in total. The van der Waals surface area contributed by atoms with E-state index in [2.05, 4.69) is 20.4 Å². The Labute approximate surface area is 183 Å². The summed E-state index contributed by atoms with van der Waals surface area (Å²) in [4.78, 5) is 44.5. The molecule has 0 radical (unpaired) electrons. The largest absolute Gasteiger partial charge is 0.462 e. The van der Waals surface area contributed by atoms with Gasteiger partial charge in [0.15, 0.2) is 5.82 Å². The van der Waals surface area contributed by atoms with Crippen LogP contribution in [0.4, 0.5) is 5.82 Å². The third kappa shape index (κ3) is 4.41. The van der Waals surface area contributed by atoms with Gasteiger partial charge in [-0.25, -0.2) is 14.5 Å². The highest BCUT2D eigenvalue weighted by atomic mass is 16.5. The van der Waals surface area contributed by atoms with E-state index in [4.69, 9.17) is 4.74 Å². The number of aromatic nitrogens is 4. The van der Waals surface area contributed by atoms with Crippen molar-refractivity contribution >= 4 is 28.7 Å². The molecular formula is C23H21N5O4. The molecule has 0 aliphatic rings. The average molecular weight is 431 g/mol. The fraction of sp³-hybridized carbons (Fsp3) is 0.174. The molecule has 0 aliphatic heterocycles. The Kier molecular flexibility index (Phi) is 6.07. The first-order chi connectivity index (χ1) is 15.6. The minimum atomic E-state index is -0.586. The maximum Gasteiger partial charge on any atom is 0.343 e. The van der Waals surface area contributed by atoms with Gasteiger partial charge in [-0.2, -0.15) is 5.10 Å². The lowest BCUT2D eigenvalue weighted by molar-refractivity contribution is -0.116. The van der Waals surface area contributed by atoms with Crippen LogP contribution in [0.25, 0.3) is 16.7 Å². The van der Waals surface area contributed by atoms with E-state index < -0.39 is 5.97 Å². The van der Waals surface area contributed by atoms with E-state index in [-0.39, 0.29) is 48.0 Å². The van der Waals surface area contributed by atoms with E-state index in [0.29, 0.717) is 16.7 Å². The molecule has 0 atom stereocenters. The first-order valence-electron chi connectivity index (χ1n) is 10.1. The summed E-state index contributed by atoms with van der Waals surface area (Å²) in [5.41, 5.74) is 2.03. The minimum absolute atomic E-state index is 0.00332. The van der Waals surface area contributed by atoms with Crippen molar-refractivity contribution in [1.82, 2.24) is 19.7 Å². The number of ether oxygens (including phenoxy) is 1. The van der Waals surface area contributed by atoms with Gasteiger partial charge in [-0.3, -0.25) is 9.59 Å². The fourth-order valence-electron chi connectivity index (χ4n) is 3.26. The maximum absolute atomic E-state index is 12.7. The summed E-state index contributed by atoms with van der Waals surface area (Å²) in [5.74, 6) is -0.764. The molecule has 0 spiro atoms. The van der Waals surface area contributed by atoms with Gasteiger partial charge in [-0.1, -0.05) is 30.3 Å². The molecule has 9 heteroatoms. The standard InChI is InChI=1S/C23H21N5O4/c1-2-32-23(31)16-14-24-28(15-8-4-3-5-9-15)21(16)27-20(29)13-12-19-22(30)26-18-11-7-6-10-17(18)25-19/h3-11,14H,2,12-13H2,1H3,(H,26,30)(H,27,29). The van der Waals surface area contributed by atoms with Crippen LogP contribution in [-0.2, 0) is 16.0 Å². The van der Waals surface area contributed by atoms with E-state index in [1.54, 1.807) is 31.2 Å². The Bertz CT molecular complexity index is 1330. The fourth-order valence-corrected chi connectivity index (χ4v) is 3.26. The lowest BCUT2D eigenvalue weighted by Crippen LogP contribution is -2.21. The van der Waals surface area contributed by atoms with Crippen LogP contribution in [0.1, 0.15) is 29.4 Å². The monoisotopic (exact) mass is 431 g/mol. The molecule has 0 saturated carbocycles. The molecule has 162 valence electrons. The van der Waals surface area contributed by atoms with Crippen LogP contribution in [0.2, 0.25) is 0 Å². The van der Waals surface area contributed by atoms with Gasteiger partial charge in [0.1, 0.15) is 11.3 Å². The highest BCUT2D eigenvalue weighted by Gasteiger charge is 2.21. The van der Waals surface area contributed by atoms with E-state index >= 15 is 0 Å². The predicted octanol–water partition coefficient (Wildman–Crippen LogP) is 2.86. The molecule has 0 saturated heterocycles. The third-order valence-corrected chi connectivity index (χ3v) is 4.78. The number of esters is 1. The second kappa shape index (κ2) is 9.25. The molecule has 0 fully saturated rings. The van der Waals surface area contributed by atoms with Gasteiger partial charge < -0.3 is 15.0 Å². The molecule has 0 unspecified atom stereocenters. The number of benzene rings is 2. The summed E-state index contributed by atoms with van der Waals surface area (Å²) >= 11 is 0. The number of H-pyrrole nitrogens is 1. The number of fused-ring (bicyclic) bond motifs is 1. The first kappa shape index (κ1) is 21.0. The number of anilines is 1. The van der Waals surface area contributed by atoms with E-state index in [1.807, 2.05) is 30.3 Å². The number of hydrogen-bond acceptors (Lipinski definition) is 6. The van der Waals surface area contributed by atoms with E-state index in [9.17, 15) is 14.4 Å². The number of aryl methyl sites for hydroxylation is 1. The number of rotatable bonds is 7. The summed E-state index contributed by atoms with van der Waals surface area (Å²) in [6, 6.07) is 16.3. The Morgan fingerprint density at radius 2 is 1.84 bits per heavy atom. The van der Waals surface area contributed by atoms with Gasteiger partial charge in [0.2, 0.25) is 5.91 Å². The van der Waals surface area contributed by atoms with Gasteiger partial charge in [0, 0.05) is 12.8 Å². The normalized spacial score (nSPS) is 10.8. The van der Waals surface area contributed by atoms with E-state index in [0.717, 1.165) is 0 Å². The van der Waals surface area contributed by atoms with Crippen molar-refractivity contribution in [3.63, 3.8) is 0 Å². The van der Waals surface area contributed by atoms with Crippen molar-refractivity contribution in [3.8, 4) is 5.69 Å². The number of amides is 1. The minimum Gasteiger partial charge on any atom is -0.462 e. The number of nitrogens with one attached hydrogen (secondary N) is 2.